The molecule has 0 aromatic heterocycles. The standard InChI is InChI=1S/C15H24N4O/c1-6-11-9-7-8-10(2)12(11)17-14(20)18-13(16)19-15(3,4)5/h7-9H,6H2,1-5H3,(H4,16,17,18,19,20). The van der Waals surface area contributed by atoms with Crippen LogP contribution in [0.25, 0.3) is 0 Å². The number of carbonyl (C=O) groups is 1. The molecule has 0 radical (unpaired) electrons. The average Bonchev–Trinajstić information content (AvgIpc) is 2.28. The van der Waals surface area contributed by atoms with Gasteiger partial charge in [-0.1, -0.05) is 25.1 Å². The number of urea groups is 1. The van der Waals surface area contributed by atoms with Crippen molar-refractivity contribution in [2.75, 3.05) is 5.32 Å². The zero-order valence-corrected chi connectivity index (χ0v) is 12.9. The number of hydrogen-bond donors (Lipinski definition) is 3. The number of nitrogens with two attached hydrogens (primary N) is 1. The van der Waals surface area contributed by atoms with Gasteiger partial charge < -0.3 is 11.1 Å². The molecule has 0 heterocycles. The monoisotopic (exact) mass is 276 g/mol. The molecule has 0 atom stereocenters. The van der Waals surface area contributed by atoms with Crippen LogP contribution in [0, 0.1) is 6.92 Å². The maximum Gasteiger partial charge on any atom is 0.326 e. The summed E-state index contributed by atoms with van der Waals surface area (Å²) in [5.41, 5.74) is 8.31. The maximum absolute atomic E-state index is 11.9. The van der Waals surface area contributed by atoms with Gasteiger partial charge in [-0.25, -0.2) is 9.79 Å². The van der Waals surface area contributed by atoms with Gasteiger partial charge in [-0.3, -0.25) is 5.32 Å². The van der Waals surface area contributed by atoms with Crippen LogP contribution < -0.4 is 16.4 Å². The quantitative estimate of drug-likeness (QED) is 0.573. The fourth-order valence-electron chi connectivity index (χ4n) is 1.85. The molecule has 110 valence electrons. The van der Waals surface area contributed by atoms with Crippen molar-refractivity contribution >= 4 is 17.7 Å². The summed E-state index contributed by atoms with van der Waals surface area (Å²) >= 11 is 0. The fraction of sp³-hybridized carbons (Fsp3) is 0.467. The predicted molar refractivity (Wildman–Crippen MR) is 84.1 cm³/mol. The zero-order valence-electron chi connectivity index (χ0n) is 12.9. The van der Waals surface area contributed by atoms with Gasteiger partial charge >= 0.3 is 6.03 Å². The first-order valence-corrected chi connectivity index (χ1v) is 6.74. The predicted octanol–water partition coefficient (Wildman–Crippen LogP) is 2.79. The van der Waals surface area contributed by atoms with Crippen LogP contribution in [-0.2, 0) is 6.42 Å². The second-order valence-corrected chi connectivity index (χ2v) is 5.71. The topological polar surface area (TPSA) is 79.5 Å². The first-order valence-electron chi connectivity index (χ1n) is 6.74. The lowest BCUT2D eigenvalue weighted by molar-refractivity contribution is 0.256. The molecule has 5 heteroatoms. The molecule has 0 spiro atoms. The molecule has 1 rings (SSSR count). The van der Waals surface area contributed by atoms with Gasteiger partial charge in [0.25, 0.3) is 0 Å². The molecule has 0 fully saturated rings. The van der Waals surface area contributed by atoms with Gasteiger partial charge in [0, 0.05) is 5.69 Å². The van der Waals surface area contributed by atoms with E-state index in [1.54, 1.807) is 0 Å². The first-order chi connectivity index (χ1) is 9.23. The van der Waals surface area contributed by atoms with Gasteiger partial charge in [-0.05, 0) is 45.2 Å². The van der Waals surface area contributed by atoms with Crippen LogP contribution in [0.5, 0.6) is 0 Å². The molecule has 4 N–H and O–H groups in total. The highest BCUT2D eigenvalue weighted by Crippen LogP contribution is 2.20. The Morgan fingerprint density at radius 1 is 1.35 bits per heavy atom. The number of carbonyl (C=O) groups excluding carboxylic acids is 1. The summed E-state index contributed by atoms with van der Waals surface area (Å²) in [4.78, 5) is 16.1. The van der Waals surface area contributed by atoms with Crippen LogP contribution in [0.15, 0.2) is 23.2 Å². The Balaban J connectivity index is 2.80. The van der Waals surface area contributed by atoms with E-state index in [1.165, 1.54) is 0 Å². The highest BCUT2D eigenvalue weighted by molar-refractivity contribution is 6.02. The van der Waals surface area contributed by atoms with E-state index >= 15 is 0 Å². The number of amides is 2. The van der Waals surface area contributed by atoms with Crippen LogP contribution in [0.2, 0.25) is 0 Å². The van der Waals surface area contributed by atoms with E-state index in [2.05, 4.69) is 15.6 Å². The number of anilines is 1. The number of benzene rings is 1. The summed E-state index contributed by atoms with van der Waals surface area (Å²) < 4.78 is 0. The summed E-state index contributed by atoms with van der Waals surface area (Å²) in [5, 5.41) is 5.38. The Labute approximate surface area is 120 Å². The molecule has 20 heavy (non-hydrogen) atoms. The zero-order chi connectivity index (χ0) is 15.3. The molecule has 1 aromatic carbocycles. The van der Waals surface area contributed by atoms with Gasteiger partial charge in [0.15, 0.2) is 5.96 Å². The minimum Gasteiger partial charge on any atom is -0.370 e. The number of guanidine groups is 1. The molecular weight excluding hydrogens is 252 g/mol. The minimum absolute atomic E-state index is 0.113. The normalized spacial score (nSPS) is 12.2. The average molecular weight is 276 g/mol. The third-order valence-electron chi connectivity index (χ3n) is 2.68. The highest BCUT2D eigenvalue weighted by Gasteiger charge is 2.12. The van der Waals surface area contributed by atoms with Gasteiger partial charge in [-0.15, -0.1) is 0 Å². The van der Waals surface area contributed by atoms with Gasteiger partial charge in [0.2, 0.25) is 0 Å². The van der Waals surface area contributed by atoms with E-state index in [4.69, 9.17) is 5.73 Å². The maximum atomic E-state index is 11.9. The van der Waals surface area contributed by atoms with E-state index in [9.17, 15) is 4.79 Å². The van der Waals surface area contributed by atoms with Crippen LogP contribution >= 0.6 is 0 Å². The summed E-state index contributed by atoms with van der Waals surface area (Å²) in [6.07, 6.45) is 0.850. The van der Waals surface area contributed by atoms with Crippen molar-refractivity contribution in [3.05, 3.63) is 29.3 Å². The largest absolute Gasteiger partial charge is 0.370 e. The summed E-state index contributed by atoms with van der Waals surface area (Å²) in [6, 6.07) is 5.56. The molecule has 0 unspecified atom stereocenters. The molecule has 0 aliphatic rings. The third kappa shape index (κ3) is 4.91. The summed E-state index contributed by atoms with van der Waals surface area (Å²) in [6.45, 7) is 9.75. The summed E-state index contributed by atoms with van der Waals surface area (Å²) in [7, 11) is 0. The van der Waals surface area contributed by atoms with E-state index in [0.29, 0.717) is 0 Å². The van der Waals surface area contributed by atoms with Crippen LogP contribution in [0.4, 0.5) is 10.5 Å². The third-order valence-corrected chi connectivity index (χ3v) is 2.68. The van der Waals surface area contributed by atoms with Crippen LogP contribution in [-0.4, -0.2) is 17.5 Å². The Hall–Kier alpha value is -2.04. The van der Waals surface area contributed by atoms with Crippen molar-refractivity contribution < 1.29 is 4.79 Å². The lowest BCUT2D eigenvalue weighted by Gasteiger charge is -2.16. The lowest BCUT2D eigenvalue weighted by Crippen LogP contribution is -2.41. The molecule has 0 bridgehead atoms. The second kappa shape index (κ2) is 6.41. The van der Waals surface area contributed by atoms with Gasteiger partial charge in [-0.2, -0.15) is 0 Å². The van der Waals surface area contributed by atoms with Crippen LogP contribution in [0.3, 0.4) is 0 Å². The molecule has 0 aliphatic carbocycles. The molecule has 2 amide bonds. The van der Waals surface area contributed by atoms with Gasteiger partial charge in [0.05, 0.1) is 5.54 Å². The van der Waals surface area contributed by atoms with E-state index < -0.39 is 0 Å². The summed E-state index contributed by atoms with van der Waals surface area (Å²) in [5.74, 6) is 0.113. The molecule has 1 aromatic rings. The molecular formula is C15H24N4O. The number of aliphatic imine (C=N–C) groups is 1. The van der Waals surface area contributed by atoms with Crippen molar-refractivity contribution in [3.63, 3.8) is 0 Å². The molecule has 5 nitrogen and oxygen atoms in total. The highest BCUT2D eigenvalue weighted by atomic mass is 16.2. The first kappa shape index (κ1) is 16.0. The van der Waals surface area contributed by atoms with Crippen LogP contribution in [0.1, 0.15) is 38.8 Å². The van der Waals surface area contributed by atoms with Crippen molar-refractivity contribution in [1.29, 1.82) is 0 Å². The number of hydrogen-bond acceptors (Lipinski definition) is 2. The van der Waals surface area contributed by atoms with Crippen molar-refractivity contribution in [3.8, 4) is 0 Å². The van der Waals surface area contributed by atoms with Crippen molar-refractivity contribution in [2.45, 2.75) is 46.6 Å². The molecule has 0 saturated heterocycles. The Morgan fingerprint density at radius 3 is 2.55 bits per heavy atom. The van der Waals surface area contributed by atoms with E-state index in [-0.39, 0.29) is 17.5 Å². The number of nitrogens with zero attached hydrogens (tertiary/aromatic N) is 1. The molecule has 0 aliphatic heterocycles. The Morgan fingerprint density at radius 2 is 2.00 bits per heavy atom. The Kier molecular flexibility index (Phi) is 5.13. The number of para-hydroxylation sites is 1. The smallest absolute Gasteiger partial charge is 0.326 e. The number of aryl methyl sites for hydroxylation is 2. The number of rotatable bonds is 2. The SMILES string of the molecule is CCc1cccc(C)c1NC(=O)NC(N)=NC(C)(C)C. The van der Waals surface area contributed by atoms with E-state index in [0.717, 1.165) is 23.2 Å². The van der Waals surface area contributed by atoms with Crippen molar-refractivity contribution in [2.24, 2.45) is 10.7 Å². The van der Waals surface area contributed by atoms with Crippen molar-refractivity contribution in [1.82, 2.24) is 5.32 Å². The van der Waals surface area contributed by atoms with E-state index in [1.807, 2.05) is 52.8 Å². The molecule has 0 saturated carbocycles. The van der Waals surface area contributed by atoms with Gasteiger partial charge in [0.1, 0.15) is 0 Å². The second-order valence-electron chi connectivity index (χ2n) is 5.71. The number of nitrogens with one attached hydrogen (secondary N) is 2. The lowest BCUT2D eigenvalue weighted by atomic mass is 10.1. The Bertz CT molecular complexity index is 515. The fourth-order valence-corrected chi connectivity index (χ4v) is 1.85. The minimum atomic E-state index is -0.375.